The van der Waals surface area contributed by atoms with Crippen molar-refractivity contribution in [1.29, 1.82) is 0 Å². The fourth-order valence-corrected chi connectivity index (χ4v) is 3.49. The number of furan rings is 1. The highest BCUT2D eigenvalue weighted by atomic mass is 32.1. The number of methoxy groups -OCH3 is 3. The van der Waals surface area contributed by atoms with Gasteiger partial charge in [0.2, 0.25) is 5.75 Å². The summed E-state index contributed by atoms with van der Waals surface area (Å²) >= 11 is 5.74. The second-order valence-electron chi connectivity index (χ2n) is 6.86. The molecule has 0 fully saturated rings. The van der Waals surface area contributed by atoms with Gasteiger partial charge in [-0.1, -0.05) is 0 Å². The van der Waals surface area contributed by atoms with E-state index in [0.29, 0.717) is 42.1 Å². The van der Waals surface area contributed by atoms with Crippen LogP contribution in [0.4, 0.5) is 5.69 Å². The molecule has 0 radical (unpaired) electrons. The Labute approximate surface area is 193 Å². The maximum atomic E-state index is 5.74. The lowest BCUT2D eigenvalue weighted by molar-refractivity contribution is 0.321. The number of rotatable bonds is 10. The van der Waals surface area contributed by atoms with Crippen molar-refractivity contribution in [3.63, 3.8) is 0 Å². The van der Waals surface area contributed by atoms with Crippen LogP contribution in [0.3, 0.4) is 0 Å². The van der Waals surface area contributed by atoms with E-state index in [1.54, 1.807) is 27.6 Å². The molecule has 8 heteroatoms. The van der Waals surface area contributed by atoms with Crippen molar-refractivity contribution in [1.82, 2.24) is 4.90 Å². The molecular formula is C24H28N2O5S. The SMILES string of the molecule is CCOc1ccc(NC(=S)N(Cc2cc(OC)c(OC)c(OC)c2)Cc2ccco2)cc1. The zero-order valence-electron chi connectivity index (χ0n) is 18.7. The van der Waals surface area contributed by atoms with E-state index in [1.807, 2.05) is 60.4 Å². The number of hydrogen-bond donors (Lipinski definition) is 1. The maximum absolute atomic E-state index is 5.74. The summed E-state index contributed by atoms with van der Waals surface area (Å²) in [5.74, 6) is 3.34. The van der Waals surface area contributed by atoms with Gasteiger partial charge in [0.25, 0.3) is 0 Å². The maximum Gasteiger partial charge on any atom is 0.203 e. The molecule has 170 valence electrons. The van der Waals surface area contributed by atoms with E-state index in [0.717, 1.165) is 22.8 Å². The Morgan fingerprint density at radius 1 is 0.969 bits per heavy atom. The first kappa shape index (κ1) is 23.3. The van der Waals surface area contributed by atoms with Crippen molar-refractivity contribution in [2.24, 2.45) is 0 Å². The number of nitrogens with one attached hydrogen (secondary N) is 1. The smallest absolute Gasteiger partial charge is 0.203 e. The number of benzene rings is 2. The molecule has 0 bridgehead atoms. The summed E-state index contributed by atoms with van der Waals surface area (Å²) in [7, 11) is 4.78. The molecule has 0 aliphatic heterocycles. The molecular weight excluding hydrogens is 428 g/mol. The minimum Gasteiger partial charge on any atom is -0.494 e. The van der Waals surface area contributed by atoms with Crippen molar-refractivity contribution < 1.29 is 23.4 Å². The van der Waals surface area contributed by atoms with Crippen LogP contribution in [0.2, 0.25) is 0 Å². The summed E-state index contributed by atoms with van der Waals surface area (Å²) in [6, 6.07) is 15.3. The van der Waals surface area contributed by atoms with E-state index >= 15 is 0 Å². The van der Waals surface area contributed by atoms with Crippen LogP contribution in [0.15, 0.2) is 59.2 Å². The third kappa shape index (κ3) is 5.85. The molecule has 0 saturated carbocycles. The molecule has 3 rings (SSSR count). The van der Waals surface area contributed by atoms with Gasteiger partial charge in [-0.25, -0.2) is 0 Å². The van der Waals surface area contributed by atoms with Crippen molar-refractivity contribution >= 4 is 23.0 Å². The predicted molar refractivity (Wildman–Crippen MR) is 128 cm³/mol. The van der Waals surface area contributed by atoms with Crippen LogP contribution in [-0.2, 0) is 13.1 Å². The second kappa shape index (κ2) is 11.3. The number of thiocarbonyl (C=S) groups is 1. The Bertz CT molecular complexity index is 981. The molecule has 32 heavy (non-hydrogen) atoms. The van der Waals surface area contributed by atoms with E-state index < -0.39 is 0 Å². The molecule has 0 unspecified atom stereocenters. The monoisotopic (exact) mass is 456 g/mol. The van der Waals surface area contributed by atoms with E-state index in [-0.39, 0.29) is 0 Å². The lowest BCUT2D eigenvalue weighted by Gasteiger charge is -2.26. The molecule has 0 aliphatic carbocycles. The van der Waals surface area contributed by atoms with Crippen LogP contribution >= 0.6 is 12.2 Å². The van der Waals surface area contributed by atoms with Crippen molar-refractivity contribution in [3.05, 3.63) is 66.1 Å². The molecule has 0 spiro atoms. The van der Waals surface area contributed by atoms with Crippen molar-refractivity contribution in [3.8, 4) is 23.0 Å². The molecule has 0 amide bonds. The summed E-state index contributed by atoms with van der Waals surface area (Å²) < 4.78 is 27.5. The summed E-state index contributed by atoms with van der Waals surface area (Å²) in [5, 5.41) is 3.85. The largest absolute Gasteiger partial charge is 0.494 e. The molecule has 7 nitrogen and oxygen atoms in total. The molecule has 0 aliphatic rings. The number of hydrogen-bond acceptors (Lipinski definition) is 6. The van der Waals surface area contributed by atoms with E-state index in [1.165, 1.54) is 0 Å². The fraction of sp³-hybridized carbons (Fsp3) is 0.292. The summed E-state index contributed by atoms with van der Waals surface area (Å²) in [5.41, 5.74) is 1.81. The lowest BCUT2D eigenvalue weighted by atomic mass is 10.1. The lowest BCUT2D eigenvalue weighted by Crippen LogP contribution is -2.33. The van der Waals surface area contributed by atoms with Gasteiger partial charge in [0.05, 0.1) is 40.7 Å². The molecule has 1 aromatic heterocycles. The first-order chi connectivity index (χ1) is 15.6. The highest BCUT2D eigenvalue weighted by molar-refractivity contribution is 7.80. The van der Waals surface area contributed by atoms with Crippen LogP contribution in [0, 0.1) is 0 Å². The molecule has 2 aromatic carbocycles. The summed E-state index contributed by atoms with van der Waals surface area (Å²) in [6.07, 6.45) is 1.65. The Balaban J connectivity index is 1.83. The molecule has 0 saturated heterocycles. The van der Waals surface area contributed by atoms with E-state index in [4.69, 9.17) is 35.6 Å². The molecule has 1 heterocycles. The third-order valence-corrected chi connectivity index (χ3v) is 5.09. The van der Waals surface area contributed by atoms with Gasteiger partial charge < -0.3 is 33.6 Å². The fourth-order valence-electron chi connectivity index (χ4n) is 3.24. The van der Waals surface area contributed by atoms with Crippen LogP contribution in [0.1, 0.15) is 18.2 Å². The minimum absolute atomic E-state index is 0.493. The van der Waals surface area contributed by atoms with Crippen LogP contribution in [-0.4, -0.2) is 37.9 Å². The normalized spacial score (nSPS) is 10.4. The van der Waals surface area contributed by atoms with Gasteiger partial charge in [-0.05, 0) is 73.2 Å². The highest BCUT2D eigenvalue weighted by Gasteiger charge is 2.18. The van der Waals surface area contributed by atoms with E-state index in [9.17, 15) is 0 Å². The number of ether oxygens (including phenoxy) is 4. The zero-order chi connectivity index (χ0) is 22.9. The Morgan fingerprint density at radius 2 is 1.66 bits per heavy atom. The molecule has 3 aromatic rings. The van der Waals surface area contributed by atoms with Crippen molar-refractivity contribution in [2.75, 3.05) is 33.3 Å². The average Bonchev–Trinajstić information content (AvgIpc) is 3.32. The second-order valence-corrected chi connectivity index (χ2v) is 7.24. The first-order valence-electron chi connectivity index (χ1n) is 10.2. The van der Waals surface area contributed by atoms with Gasteiger partial charge in [0.15, 0.2) is 16.6 Å². The summed E-state index contributed by atoms with van der Waals surface area (Å²) in [6.45, 7) is 3.57. The topological polar surface area (TPSA) is 65.3 Å². The number of anilines is 1. The van der Waals surface area contributed by atoms with Gasteiger partial charge in [-0.15, -0.1) is 0 Å². The number of nitrogens with zero attached hydrogens (tertiary/aromatic N) is 1. The first-order valence-corrected chi connectivity index (χ1v) is 10.6. The molecule has 0 atom stereocenters. The highest BCUT2D eigenvalue weighted by Crippen LogP contribution is 2.38. The van der Waals surface area contributed by atoms with Gasteiger partial charge in [-0.3, -0.25) is 0 Å². The minimum atomic E-state index is 0.493. The van der Waals surface area contributed by atoms with E-state index in [2.05, 4.69) is 5.32 Å². The standard InChI is InChI=1S/C24H28N2O5S/c1-5-30-19-10-8-18(9-11-19)25-24(32)26(16-20-7-6-12-31-20)15-17-13-21(27-2)23(29-4)22(14-17)28-3/h6-14H,5,15-16H2,1-4H3,(H,25,32). The van der Waals surface area contributed by atoms with Gasteiger partial charge >= 0.3 is 0 Å². The average molecular weight is 457 g/mol. The van der Waals surface area contributed by atoms with Crippen LogP contribution < -0.4 is 24.3 Å². The quantitative estimate of drug-likeness (QED) is 0.423. The Hall–Kier alpha value is -3.39. The third-order valence-electron chi connectivity index (χ3n) is 4.73. The molecule has 1 N–H and O–H groups in total. The Morgan fingerprint density at radius 3 is 2.19 bits per heavy atom. The van der Waals surface area contributed by atoms with Crippen LogP contribution in [0.25, 0.3) is 0 Å². The predicted octanol–water partition coefficient (Wildman–Crippen LogP) is 5.10. The van der Waals surface area contributed by atoms with Gasteiger partial charge in [0, 0.05) is 12.2 Å². The van der Waals surface area contributed by atoms with Gasteiger partial charge in [0.1, 0.15) is 11.5 Å². The zero-order valence-corrected chi connectivity index (χ0v) is 19.5. The van der Waals surface area contributed by atoms with Crippen LogP contribution in [0.5, 0.6) is 23.0 Å². The Kier molecular flexibility index (Phi) is 8.21. The van der Waals surface area contributed by atoms with Gasteiger partial charge in [-0.2, -0.15) is 0 Å². The summed E-state index contributed by atoms with van der Waals surface area (Å²) in [4.78, 5) is 2.01. The van der Waals surface area contributed by atoms with Crippen molar-refractivity contribution in [2.45, 2.75) is 20.0 Å².